The molecule has 0 fully saturated rings. The molecule has 2 rings (SSSR count). The van der Waals surface area contributed by atoms with E-state index in [0.29, 0.717) is 20.9 Å². The second-order valence-electron chi connectivity index (χ2n) is 3.36. The van der Waals surface area contributed by atoms with E-state index in [0.717, 1.165) is 0 Å². The molecule has 88 valence electrons. The van der Waals surface area contributed by atoms with Crippen molar-refractivity contribution in [3.8, 4) is 0 Å². The number of esters is 1. The molecule has 0 aliphatic carbocycles. The van der Waals surface area contributed by atoms with E-state index in [9.17, 15) is 4.79 Å². The SMILES string of the molecule is COC(=O)c1cnc2cc(Cl)cc(Cl)c2c1N. The van der Waals surface area contributed by atoms with E-state index in [1.54, 1.807) is 12.1 Å². The minimum absolute atomic E-state index is 0.184. The molecular formula is C11H8Cl2N2O2. The molecule has 17 heavy (non-hydrogen) atoms. The molecule has 0 aliphatic rings. The topological polar surface area (TPSA) is 65.2 Å². The van der Waals surface area contributed by atoms with Gasteiger partial charge in [-0.2, -0.15) is 0 Å². The van der Waals surface area contributed by atoms with E-state index in [-0.39, 0.29) is 11.3 Å². The fourth-order valence-corrected chi connectivity index (χ4v) is 2.12. The van der Waals surface area contributed by atoms with Crippen molar-refractivity contribution in [1.29, 1.82) is 0 Å². The molecule has 0 bridgehead atoms. The highest BCUT2D eigenvalue weighted by molar-refractivity contribution is 6.39. The molecule has 0 amide bonds. The first-order valence-corrected chi connectivity index (χ1v) is 5.41. The van der Waals surface area contributed by atoms with Crippen molar-refractivity contribution in [2.24, 2.45) is 0 Å². The van der Waals surface area contributed by atoms with Crippen LogP contribution in [0.15, 0.2) is 18.3 Å². The van der Waals surface area contributed by atoms with Crippen LogP contribution in [0.2, 0.25) is 10.0 Å². The molecule has 1 heterocycles. The molecule has 0 radical (unpaired) electrons. The summed E-state index contributed by atoms with van der Waals surface area (Å²) in [6, 6.07) is 3.17. The number of hydrogen-bond acceptors (Lipinski definition) is 4. The van der Waals surface area contributed by atoms with Gasteiger partial charge < -0.3 is 10.5 Å². The van der Waals surface area contributed by atoms with Crippen LogP contribution in [0.25, 0.3) is 10.9 Å². The monoisotopic (exact) mass is 270 g/mol. The lowest BCUT2D eigenvalue weighted by atomic mass is 10.1. The highest BCUT2D eigenvalue weighted by Gasteiger charge is 2.15. The van der Waals surface area contributed by atoms with Crippen LogP contribution in [0.5, 0.6) is 0 Å². The molecule has 0 saturated heterocycles. The molecule has 0 unspecified atom stereocenters. The molecule has 4 nitrogen and oxygen atoms in total. The first-order chi connectivity index (χ1) is 8.04. The Morgan fingerprint density at radius 3 is 2.76 bits per heavy atom. The van der Waals surface area contributed by atoms with Crippen LogP contribution < -0.4 is 5.73 Å². The minimum atomic E-state index is -0.553. The Kier molecular flexibility index (Phi) is 3.09. The molecule has 2 N–H and O–H groups in total. The van der Waals surface area contributed by atoms with Gasteiger partial charge in [-0.05, 0) is 12.1 Å². The number of methoxy groups -OCH3 is 1. The van der Waals surface area contributed by atoms with Gasteiger partial charge in [0.15, 0.2) is 0 Å². The fourth-order valence-electron chi connectivity index (χ4n) is 1.54. The highest BCUT2D eigenvalue weighted by atomic mass is 35.5. The molecule has 0 spiro atoms. The van der Waals surface area contributed by atoms with Crippen molar-refractivity contribution in [2.45, 2.75) is 0 Å². The van der Waals surface area contributed by atoms with Gasteiger partial charge in [0.25, 0.3) is 0 Å². The van der Waals surface area contributed by atoms with E-state index >= 15 is 0 Å². The van der Waals surface area contributed by atoms with Crippen molar-refractivity contribution in [2.75, 3.05) is 12.8 Å². The van der Waals surface area contributed by atoms with Gasteiger partial charge in [-0.1, -0.05) is 23.2 Å². The van der Waals surface area contributed by atoms with E-state index in [4.69, 9.17) is 28.9 Å². The van der Waals surface area contributed by atoms with Crippen molar-refractivity contribution >= 4 is 45.8 Å². The number of nitrogen functional groups attached to an aromatic ring is 1. The maximum absolute atomic E-state index is 11.4. The van der Waals surface area contributed by atoms with E-state index in [2.05, 4.69) is 9.72 Å². The third-order valence-electron chi connectivity index (χ3n) is 2.33. The number of fused-ring (bicyclic) bond motifs is 1. The van der Waals surface area contributed by atoms with Gasteiger partial charge in [-0.15, -0.1) is 0 Å². The Morgan fingerprint density at radius 1 is 1.41 bits per heavy atom. The summed E-state index contributed by atoms with van der Waals surface area (Å²) in [6.45, 7) is 0. The number of hydrogen-bond donors (Lipinski definition) is 1. The third-order valence-corrected chi connectivity index (χ3v) is 2.85. The summed E-state index contributed by atoms with van der Waals surface area (Å²) in [5.41, 5.74) is 6.84. The maximum atomic E-state index is 11.4. The fraction of sp³-hybridized carbons (Fsp3) is 0.0909. The molecule has 0 saturated carbocycles. The van der Waals surface area contributed by atoms with Crippen LogP contribution in [0.1, 0.15) is 10.4 Å². The molecule has 6 heteroatoms. The van der Waals surface area contributed by atoms with Gasteiger partial charge in [0, 0.05) is 16.6 Å². The van der Waals surface area contributed by atoms with Crippen molar-refractivity contribution in [3.63, 3.8) is 0 Å². The van der Waals surface area contributed by atoms with Crippen molar-refractivity contribution < 1.29 is 9.53 Å². The minimum Gasteiger partial charge on any atom is -0.465 e. The molecular weight excluding hydrogens is 263 g/mol. The molecule has 1 aromatic heterocycles. The number of nitrogens with two attached hydrogens (primary N) is 1. The molecule has 0 atom stereocenters. The Hall–Kier alpha value is -1.52. The quantitative estimate of drug-likeness (QED) is 0.810. The lowest BCUT2D eigenvalue weighted by Crippen LogP contribution is -2.07. The number of carbonyl (C=O) groups excluding carboxylic acids is 1. The molecule has 2 aromatic rings. The zero-order valence-corrected chi connectivity index (χ0v) is 10.3. The Balaban J connectivity index is 2.80. The largest absolute Gasteiger partial charge is 0.465 e. The Morgan fingerprint density at radius 2 is 2.12 bits per heavy atom. The number of ether oxygens (including phenoxy) is 1. The number of anilines is 1. The summed E-state index contributed by atoms with van der Waals surface area (Å²) in [7, 11) is 1.27. The van der Waals surface area contributed by atoms with Crippen LogP contribution in [-0.2, 0) is 4.74 Å². The van der Waals surface area contributed by atoms with Crippen molar-refractivity contribution in [3.05, 3.63) is 33.9 Å². The highest BCUT2D eigenvalue weighted by Crippen LogP contribution is 2.32. The lowest BCUT2D eigenvalue weighted by Gasteiger charge is -2.08. The van der Waals surface area contributed by atoms with Gasteiger partial charge in [0.1, 0.15) is 5.56 Å². The van der Waals surface area contributed by atoms with Crippen LogP contribution in [0.4, 0.5) is 5.69 Å². The first-order valence-electron chi connectivity index (χ1n) is 4.66. The summed E-state index contributed by atoms with van der Waals surface area (Å²) >= 11 is 11.9. The van der Waals surface area contributed by atoms with Crippen LogP contribution >= 0.6 is 23.2 Å². The first kappa shape index (κ1) is 12.0. The zero-order chi connectivity index (χ0) is 12.6. The van der Waals surface area contributed by atoms with Gasteiger partial charge in [0.05, 0.1) is 23.3 Å². The smallest absolute Gasteiger partial charge is 0.341 e. The van der Waals surface area contributed by atoms with Gasteiger partial charge in [0.2, 0.25) is 0 Å². The van der Waals surface area contributed by atoms with Crippen LogP contribution in [0, 0.1) is 0 Å². The summed E-state index contributed by atoms with van der Waals surface area (Å²) in [5, 5.41) is 1.31. The van der Waals surface area contributed by atoms with Crippen LogP contribution in [0.3, 0.4) is 0 Å². The number of rotatable bonds is 1. The molecule has 1 aromatic carbocycles. The predicted molar refractivity (Wildman–Crippen MR) is 67.5 cm³/mol. The average molecular weight is 271 g/mol. The van der Waals surface area contributed by atoms with Gasteiger partial charge in [-0.25, -0.2) is 4.79 Å². The average Bonchev–Trinajstić information content (AvgIpc) is 2.27. The second-order valence-corrected chi connectivity index (χ2v) is 4.20. The van der Waals surface area contributed by atoms with Crippen LogP contribution in [-0.4, -0.2) is 18.1 Å². The summed E-state index contributed by atoms with van der Waals surface area (Å²) < 4.78 is 4.60. The van der Waals surface area contributed by atoms with E-state index in [1.165, 1.54) is 13.3 Å². The number of pyridine rings is 1. The van der Waals surface area contributed by atoms with Gasteiger partial charge >= 0.3 is 5.97 Å². The van der Waals surface area contributed by atoms with Gasteiger partial charge in [-0.3, -0.25) is 4.98 Å². The standard InChI is InChI=1S/C11H8Cl2N2O2/c1-17-11(16)6-4-15-8-3-5(12)2-7(13)9(8)10(6)14/h2-4H,1H3,(H2,14,15). The lowest BCUT2D eigenvalue weighted by molar-refractivity contribution is 0.0601. The molecule has 0 aliphatic heterocycles. The number of halogens is 2. The zero-order valence-electron chi connectivity index (χ0n) is 8.83. The number of benzene rings is 1. The van der Waals surface area contributed by atoms with E-state index in [1.807, 2.05) is 0 Å². The normalized spacial score (nSPS) is 10.5. The maximum Gasteiger partial charge on any atom is 0.341 e. The number of nitrogens with zero attached hydrogens (tertiary/aromatic N) is 1. The predicted octanol–water partition coefficient (Wildman–Crippen LogP) is 2.91. The van der Waals surface area contributed by atoms with E-state index < -0.39 is 5.97 Å². The van der Waals surface area contributed by atoms with Crippen molar-refractivity contribution in [1.82, 2.24) is 4.98 Å². The number of carbonyl (C=O) groups is 1. The number of aromatic nitrogens is 1. The second kappa shape index (κ2) is 4.39. The Labute approximate surface area is 107 Å². The summed E-state index contributed by atoms with van der Waals surface area (Å²) in [5.74, 6) is -0.553. The summed E-state index contributed by atoms with van der Waals surface area (Å²) in [4.78, 5) is 15.5. The summed E-state index contributed by atoms with van der Waals surface area (Å²) in [6.07, 6.45) is 1.34. The Bertz CT molecular complexity index is 614. The third kappa shape index (κ3) is 2.01.